The number of nitrogens with one attached hydrogen (secondary N) is 1. The molecule has 0 saturated heterocycles. The van der Waals surface area contributed by atoms with Crippen LogP contribution in [0.25, 0.3) is 0 Å². The van der Waals surface area contributed by atoms with Gasteiger partial charge in [0.2, 0.25) is 0 Å². The summed E-state index contributed by atoms with van der Waals surface area (Å²) in [6, 6.07) is -0.115. The predicted octanol–water partition coefficient (Wildman–Crippen LogP) is 2.82. The van der Waals surface area contributed by atoms with Gasteiger partial charge in [-0.25, -0.2) is 0 Å². The second kappa shape index (κ2) is 6.18. The van der Waals surface area contributed by atoms with Crippen molar-refractivity contribution in [3.8, 4) is 0 Å². The SMILES string of the molecule is CCn1cc(C(C)NC(=O)c2noc3c2CC(C)CC3)c(C)n1. The summed E-state index contributed by atoms with van der Waals surface area (Å²) in [5, 5.41) is 11.5. The summed E-state index contributed by atoms with van der Waals surface area (Å²) in [7, 11) is 0. The molecule has 3 rings (SSSR count). The molecule has 2 unspecified atom stereocenters. The van der Waals surface area contributed by atoms with Gasteiger partial charge < -0.3 is 9.84 Å². The van der Waals surface area contributed by atoms with E-state index in [1.165, 1.54) is 0 Å². The molecule has 0 bridgehead atoms. The Bertz CT molecular complexity index is 716. The zero-order valence-electron chi connectivity index (χ0n) is 14.2. The summed E-state index contributed by atoms with van der Waals surface area (Å²) in [5.74, 6) is 1.27. The van der Waals surface area contributed by atoms with Gasteiger partial charge in [0.15, 0.2) is 5.69 Å². The number of amides is 1. The second-order valence-electron chi connectivity index (χ2n) is 6.50. The molecule has 2 atom stereocenters. The van der Waals surface area contributed by atoms with Crippen LogP contribution in [0.15, 0.2) is 10.7 Å². The van der Waals surface area contributed by atoms with E-state index < -0.39 is 0 Å². The van der Waals surface area contributed by atoms with Crippen molar-refractivity contribution in [2.45, 2.75) is 59.5 Å². The largest absolute Gasteiger partial charge is 0.360 e. The first kappa shape index (κ1) is 15.8. The van der Waals surface area contributed by atoms with Crippen LogP contribution < -0.4 is 5.32 Å². The number of aromatic nitrogens is 3. The second-order valence-corrected chi connectivity index (χ2v) is 6.50. The fraction of sp³-hybridized carbons (Fsp3) is 0.588. The number of aryl methyl sites for hydroxylation is 3. The van der Waals surface area contributed by atoms with Crippen molar-refractivity contribution in [3.05, 3.63) is 34.5 Å². The lowest BCUT2D eigenvalue weighted by Crippen LogP contribution is -2.28. The van der Waals surface area contributed by atoms with Gasteiger partial charge in [0, 0.05) is 30.3 Å². The number of fused-ring (bicyclic) bond motifs is 1. The summed E-state index contributed by atoms with van der Waals surface area (Å²) in [6.45, 7) is 8.99. The Hall–Kier alpha value is -2.11. The Balaban J connectivity index is 1.77. The summed E-state index contributed by atoms with van der Waals surface area (Å²) in [6.07, 6.45) is 4.81. The van der Waals surface area contributed by atoms with Gasteiger partial charge in [-0.05, 0) is 39.5 Å². The Kier molecular flexibility index (Phi) is 4.24. The number of rotatable bonds is 4. The minimum Gasteiger partial charge on any atom is -0.360 e. The van der Waals surface area contributed by atoms with Crippen molar-refractivity contribution in [1.82, 2.24) is 20.3 Å². The van der Waals surface area contributed by atoms with Crippen molar-refractivity contribution < 1.29 is 9.32 Å². The average molecular weight is 316 g/mol. The van der Waals surface area contributed by atoms with Crippen molar-refractivity contribution in [2.75, 3.05) is 0 Å². The first-order chi connectivity index (χ1) is 11.0. The standard InChI is InChI=1S/C17H24N4O2/c1-5-21-9-14(12(4)19-21)11(3)18-17(22)16-13-8-10(2)6-7-15(13)23-20-16/h9-11H,5-8H2,1-4H3,(H,18,22). The molecule has 0 aromatic carbocycles. The highest BCUT2D eigenvalue weighted by atomic mass is 16.5. The zero-order chi connectivity index (χ0) is 16.6. The molecule has 0 spiro atoms. The molecule has 1 aliphatic rings. The molecular weight excluding hydrogens is 292 g/mol. The predicted molar refractivity (Wildman–Crippen MR) is 86.2 cm³/mol. The number of hydrogen-bond donors (Lipinski definition) is 1. The van der Waals surface area contributed by atoms with E-state index in [2.05, 4.69) is 22.5 Å². The molecular formula is C17H24N4O2. The third kappa shape index (κ3) is 3.02. The summed E-state index contributed by atoms with van der Waals surface area (Å²) >= 11 is 0. The lowest BCUT2D eigenvalue weighted by molar-refractivity contribution is 0.0929. The highest BCUT2D eigenvalue weighted by Crippen LogP contribution is 2.28. The Morgan fingerprint density at radius 1 is 1.57 bits per heavy atom. The molecule has 6 nitrogen and oxygen atoms in total. The molecule has 0 aliphatic heterocycles. The van der Waals surface area contributed by atoms with Crippen LogP contribution in [0.3, 0.4) is 0 Å². The van der Waals surface area contributed by atoms with Crippen LogP contribution >= 0.6 is 0 Å². The molecule has 0 saturated carbocycles. The lowest BCUT2D eigenvalue weighted by atomic mass is 9.88. The minimum absolute atomic E-state index is 0.115. The molecule has 2 aromatic heterocycles. The van der Waals surface area contributed by atoms with E-state index in [0.29, 0.717) is 11.6 Å². The third-order valence-corrected chi connectivity index (χ3v) is 4.62. The van der Waals surface area contributed by atoms with E-state index in [1.54, 1.807) is 0 Å². The highest BCUT2D eigenvalue weighted by molar-refractivity contribution is 5.94. The van der Waals surface area contributed by atoms with E-state index in [-0.39, 0.29) is 11.9 Å². The van der Waals surface area contributed by atoms with Crippen molar-refractivity contribution in [1.29, 1.82) is 0 Å². The van der Waals surface area contributed by atoms with Gasteiger partial charge in [-0.3, -0.25) is 9.48 Å². The fourth-order valence-electron chi connectivity index (χ4n) is 3.22. The molecule has 6 heteroatoms. The summed E-state index contributed by atoms with van der Waals surface area (Å²) in [5.41, 5.74) is 3.40. The fourth-order valence-corrected chi connectivity index (χ4v) is 3.22. The number of carbonyl (C=O) groups is 1. The monoisotopic (exact) mass is 316 g/mol. The van der Waals surface area contributed by atoms with Gasteiger partial charge in [0.25, 0.3) is 5.91 Å². The molecule has 2 heterocycles. The normalized spacial score (nSPS) is 18.5. The first-order valence-corrected chi connectivity index (χ1v) is 8.31. The van der Waals surface area contributed by atoms with E-state index >= 15 is 0 Å². The molecule has 1 amide bonds. The smallest absolute Gasteiger partial charge is 0.274 e. The van der Waals surface area contributed by atoms with Gasteiger partial charge in [0.05, 0.1) is 11.7 Å². The molecule has 124 valence electrons. The van der Waals surface area contributed by atoms with Crippen molar-refractivity contribution >= 4 is 5.91 Å². The zero-order valence-corrected chi connectivity index (χ0v) is 14.2. The molecule has 0 radical (unpaired) electrons. The van der Waals surface area contributed by atoms with E-state index in [1.807, 2.05) is 31.6 Å². The maximum absolute atomic E-state index is 12.6. The van der Waals surface area contributed by atoms with Gasteiger partial charge in [-0.1, -0.05) is 12.1 Å². The van der Waals surface area contributed by atoms with Crippen LogP contribution in [0.4, 0.5) is 0 Å². The Morgan fingerprint density at radius 3 is 3.04 bits per heavy atom. The summed E-state index contributed by atoms with van der Waals surface area (Å²) in [4.78, 5) is 12.6. The topological polar surface area (TPSA) is 73.0 Å². The molecule has 1 aliphatic carbocycles. The summed E-state index contributed by atoms with van der Waals surface area (Å²) < 4.78 is 7.24. The highest BCUT2D eigenvalue weighted by Gasteiger charge is 2.28. The van der Waals surface area contributed by atoms with Gasteiger partial charge in [0.1, 0.15) is 5.76 Å². The number of carbonyl (C=O) groups excluding carboxylic acids is 1. The molecule has 1 N–H and O–H groups in total. The van der Waals surface area contributed by atoms with E-state index in [0.717, 1.165) is 48.4 Å². The molecule has 0 fully saturated rings. The van der Waals surface area contributed by atoms with Crippen molar-refractivity contribution in [3.63, 3.8) is 0 Å². The quantitative estimate of drug-likeness (QED) is 0.941. The van der Waals surface area contributed by atoms with Crippen LogP contribution in [0.1, 0.15) is 66.3 Å². The molecule has 2 aromatic rings. The van der Waals surface area contributed by atoms with Crippen LogP contribution in [0.2, 0.25) is 0 Å². The van der Waals surface area contributed by atoms with Gasteiger partial charge in [-0.2, -0.15) is 5.10 Å². The van der Waals surface area contributed by atoms with Gasteiger partial charge in [-0.15, -0.1) is 0 Å². The molecule has 23 heavy (non-hydrogen) atoms. The van der Waals surface area contributed by atoms with Crippen LogP contribution in [-0.2, 0) is 19.4 Å². The van der Waals surface area contributed by atoms with E-state index in [9.17, 15) is 4.79 Å². The minimum atomic E-state index is -0.166. The first-order valence-electron chi connectivity index (χ1n) is 8.31. The average Bonchev–Trinajstić information content (AvgIpc) is 3.10. The van der Waals surface area contributed by atoms with Crippen LogP contribution in [0.5, 0.6) is 0 Å². The van der Waals surface area contributed by atoms with Crippen LogP contribution in [-0.4, -0.2) is 20.8 Å². The number of nitrogens with zero attached hydrogens (tertiary/aromatic N) is 3. The Labute approximate surface area is 136 Å². The third-order valence-electron chi connectivity index (χ3n) is 4.62. The maximum Gasteiger partial charge on any atom is 0.274 e. The maximum atomic E-state index is 12.6. The van der Waals surface area contributed by atoms with Crippen LogP contribution in [0, 0.1) is 12.8 Å². The lowest BCUT2D eigenvalue weighted by Gasteiger charge is -2.17. The van der Waals surface area contributed by atoms with Gasteiger partial charge >= 0.3 is 0 Å². The van der Waals surface area contributed by atoms with Crippen molar-refractivity contribution in [2.24, 2.45) is 5.92 Å². The Morgan fingerprint density at radius 2 is 2.35 bits per heavy atom. The number of hydrogen-bond acceptors (Lipinski definition) is 4. The van der Waals surface area contributed by atoms with E-state index in [4.69, 9.17) is 4.52 Å².